The highest BCUT2D eigenvalue weighted by atomic mass is 16.5. The smallest absolute Gasteiger partial charge is 0.320 e. The fraction of sp³-hybridized carbons (Fsp3) is 0.929. The molecule has 0 aromatic carbocycles. The Labute approximate surface area is 204 Å². The van der Waals surface area contributed by atoms with E-state index in [9.17, 15) is 14.7 Å². The summed E-state index contributed by atoms with van der Waals surface area (Å²) in [5.41, 5.74) is 5.48. The van der Waals surface area contributed by atoms with Crippen molar-refractivity contribution >= 4 is 11.9 Å². The molecule has 1 atom stereocenters. The first-order chi connectivity index (χ1) is 16.1. The summed E-state index contributed by atoms with van der Waals surface area (Å²) in [6.07, 6.45) is 25.7. The van der Waals surface area contributed by atoms with Gasteiger partial charge in [0.25, 0.3) is 0 Å². The molecule has 0 rings (SSSR count). The Bertz CT molecular complexity index is 442. The van der Waals surface area contributed by atoms with E-state index in [0.29, 0.717) is 13.0 Å². The van der Waals surface area contributed by atoms with Gasteiger partial charge in [-0.15, -0.1) is 0 Å². The van der Waals surface area contributed by atoms with Crippen molar-refractivity contribution in [3.8, 4) is 0 Å². The van der Waals surface area contributed by atoms with Crippen LogP contribution in [0.1, 0.15) is 148 Å². The molecular weight excluding hydrogens is 414 g/mol. The number of ether oxygens (including phenoxy) is 1. The molecule has 0 spiro atoms. The third kappa shape index (κ3) is 22.5. The number of unbranched alkanes of at least 4 members (excludes halogenated alkanes) is 19. The van der Waals surface area contributed by atoms with Gasteiger partial charge in [0.2, 0.25) is 0 Å². The zero-order chi connectivity index (χ0) is 24.4. The number of nitrogens with two attached hydrogens (primary N) is 1. The quantitative estimate of drug-likeness (QED) is 0.0766. The number of hydrogen-bond acceptors (Lipinski definition) is 4. The van der Waals surface area contributed by atoms with Crippen LogP contribution in [0.5, 0.6) is 0 Å². The maximum Gasteiger partial charge on any atom is 0.320 e. The average molecular weight is 470 g/mol. The monoisotopic (exact) mass is 469 g/mol. The van der Waals surface area contributed by atoms with Crippen LogP contribution in [0.3, 0.4) is 0 Å². The van der Waals surface area contributed by atoms with Crippen molar-refractivity contribution in [2.45, 2.75) is 148 Å². The molecule has 0 aliphatic rings. The number of rotatable bonds is 26. The van der Waals surface area contributed by atoms with E-state index in [-0.39, 0.29) is 0 Å². The van der Waals surface area contributed by atoms with Crippen LogP contribution in [0.15, 0.2) is 0 Å². The Morgan fingerprint density at radius 2 is 1.03 bits per heavy atom. The van der Waals surface area contributed by atoms with Gasteiger partial charge in [-0.25, -0.2) is 0 Å². The molecular formula is C28H55NO4. The van der Waals surface area contributed by atoms with E-state index < -0.39 is 17.9 Å². The molecule has 0 amide bonds. The standard InChI is InChI=1S/C28H55NO4/c1-2-3-4-5-6-7-8-9-10-11-12-16-19-22-25-33-28(32)26(27(30)31)23-20-17-14-13-15-18-21-24-29/h26H,2-25,29H2,1H3,(H,30,31). The fourth-order valence-electron chi connectivity index (χ4n) is 4.29. The second kappa shape index (κ2) is 25.5. The van der Waals surface area contributed by atoms with E-state index in [2.05, 4.69) is 6.92 Å². The second-order valence-electron chi connectivity index (χ2n) is 9.71. The minimum atomic E-state index is -1.05. The van der Waals surface area contributed by atoms with Gasteiger partial charge < -0.3 is 15.6 Å². The van der Waals surface area contributed by atoms with E-state index in [1.165, 1.54) is 89.9 Å². The molecule has 0 aromatic heterocycles. The van der Waals surface area contributed by atoms with Crippen molar-refractivity contribution in [1.82, 2.24) is 0 Å². The minimum absolute atomic E-state index is 0.349. The summed E-state index contributed by atoms with van der Waals surface area (Å²) >= 11 is 0. The van der Waals surface area contributed by atoms with Gasteiger partial charge in [-0.3, -0.25) is 9.59 Å². The van der Waals surface area contributed by atoms with E-state index in [1.54, 1.807) is 0 Å². The van der Waals surface area contributed by atoms with Gasteiger partial charge in [0.05, 0.1) is 6.61 Å². The van der Waals surface area contributed by atoms with E-state index >= 15 is 0 Å². The third-order valence-electron chi connectivity index (χ3n) is 6.52. The number of hydrogen-bond donors (Lipinski definition) is 2. The van der Waals surface area contributed by atoms with Gasteiger partial charge in [0.1, 0.15) is 0 Å². The summed E-state index contributed by atoms with van der Waals surface area (Å²) in [6.45, 7) is 3.36. The molecule has 1 unspecified atom stereocenters. The van der Waals surface area contributed by atoms with Gasteiger partial charge in [0, 0.05) is 0 Å². The van der Waals surface area contributed by atoms with Gasteiger partial charge in [-0.05, 0) is 25.8 Å². The molecule has 196 valence electrons. The molecule has 0 fully saturated rings. The van der Waals surface area contributed by atoms with Crippen molar-refractivity contribution < 1.29 is 19.4 Å². The molecule has 5 heteroatoms. The lowest BCUT2D eigenvalue weighted by Crippen LogP contribution is -2.26. The van der Waals surface area contributed by atoms with Crippen LogP contribution in [0.2, 0.25) is 0 Å². The zero-order valence-corrected chi connectivity index (χ0v) is 21.8. The highest BCUT2D eigenvalue weighted by Crippen LogP contribution is 2.16. The molecule has 0 aromatic rings. The molecule has 33 heavy (non-hydrogen) atoms. The van der Waals surface area contributed by atoms with Crippen LogP contribution in [0.4, 0.5) is 0 Å². The Kier molecular flexibility index (Phi) is 24.7. The van der Waals surface area contributed by atoms with Gasteiger partial charge in [-0.2, -0.15) is 0 Å². The summed E-state index contributed by atoms with van der Waals surface area (Å²) in [7, 11) is 0. The Balaban J connectivity index is 3.54. The second-order valence-corrected chi connectivity index (χ2v) is 9.71. The fourth-order valence-corrected chi connectivity index (χ4v) is 4.29. The van der Waals surface area contributed by atoms with Crippen LogP contribution in [-0.4, -0.2) is 30.2 Å². The van der Waals surface area contributed by atoms with Crippen molar-refractivity contribution in [3.63, 3.8) is 0 Å². The van der Waals surface area contributed by atoms with Crippen molar-refractivity contribution in [2.24, 2.45) is 11.7 Å². The molecule has 0 saturated heterocycles. The molecule has 0 saturated carbocycles. The first-order valence-corrected chi connectivity index (χ1v) is 14.2. The molecule has 3 N–H and O–H groups in total. The summed E-state index contributed by atoms with van der Waals surface area (Å²) in [5.74, 6) is -2.61. The first kappa shape index (κ1) is 31.9. The van der Waals surface area contributed by atoms with Crippen LogP contribution >= 0.6 is 0 Å². The van der Waals surface area contributed by atoms with Crippen molar-refractivity contribution in [3.05, 3.63) is 0 Å². The predicted molar refractivity (Wildman–Crippen MR) is 138 cm³/mol. The summed E-state index contributed by atoms with van der Waals surface area (Å²) < 4.78 is 5.26. The number of carboxylic acids is 1. The summed E-state index contributed by atoms with van der Waals surface area (Å²) in [6, 6.07) is 0. The number of carbonyl (C=O) groups is 2. The van der Waals surface area contributed by atoms with Crippen molar-refractivity contribution in [2.75, 3.05) is 13.2 Å². The zero-order valence-electron chi connectivity index (χ0n) is 21.8. The molecule has 0 heterocycles. The topological polar surface area (TPSA) is 89.6 Å². The number of carbonyl (C=O) groups excluding carboxylic acids is 1. The highest BCUT2D eigenvalue weighted by Gasteiger charge is 2.27. The van der Waals surface area contributed by atoms with Gasteiger partial charge in [-0.1, -0.05) is 129 Å². The minimum Gasteiger partial charge on any atom is -0.481 e. The van der Waals surface area contributed by atoms with Crippen molar-refractivity contribution in [1.29, 1.82) is 0 Å². The van der Waals surface area contributed by atoms with E-state index in [4.69, 9.17) is 10.5 Å². The molecule has 0 radical (unpaired) electrons. The number of carboxylic acid groups (broad SMARTS) is 1. The van der Waals surface area contributed by atoms with Crippen LogP contribution in [0, 0.1) is 5.92 Å². The van der Waals surface area contributed by atoms with E-state index in [1.807, 2.05) is 0 Å². The number of esters is 1. The molecule has 0 bridgehead atoms. The molecule has 0 aliphatic heterocycles. The summed E-state index contributed by atoms with van der Waals surface area (Å²) in [5, 5.41) is 9.36. The first-order valence-electron chi connectivity index (χ1n) is 14.2. The number of aliphatic carboxylic acids is 1. The highest BCUT2D eigenvalue weighted by molar-refractivity contribution is 5.93. The largest absolute Gasteiger partial charge is 0.481 e. The average Bonchev–Trinajstić information content (AvgIpc) is 2.80. The maximum atomic E-state index is 12.1. The predicted octanol–water partition coefficient (Wildman–Crippen LogP) is 7.79. The van der Waals surface area contributed by atoms with Gasteiger partial charge in [0.15, 0.2) is 5.92 Å². The lowest BCUT2D eigenvalue weighted by atomic mass is 10.00. The summed E-state index contributed by atoms with van der Waals surface area (Å²) in [4.78, 5) is 23.6. The van der Waals surface area contributed by atoms with Crippen LogP contribution < -0.4 is 5.73 Å². The Morgan fingerprint density at radius 1 is 0.636 bits per heavy atom. The molecule has 0 aliphatic carbocycles. The van der Waals surface area contributed by atoms with E-state index in [0.717, 1.165) is 51.5 Å². The maximum absolute atomic E-state index is 12.1. The third-order valence-corrected chi connectivity index (χ3v) is 6.52. The SMILES string of the molecule is CCCCCCCCCCCCCCCCOC(=O)C(CCCCCCCCCN)C(=O)O. The normalized spacial score (nSPS) is 12.1. The molecule has 5 nitrogen and oxygen atoms in total. The van der Waals surface area contributed by atoms with Crippen LogP contribution in [0.25, 0.3) is 0 Å². The lowest BCUT2D eigenvalue weighted by Gasteiger charge is -2.12. The Morgan fingerprint density at radius 3 is 1.45 bits per heavy atom. The lowest BCUT2D eigenvalue weighted by molar-refractivity contribution is -0.159. The van der Waals surface area contributed by atoms with Crippen LogP contribution in [-0.2, 0) is 14.3 Å². The van der Waals surface area contributed by atoms with Gasteiger partial charge >= 0.3 is 11.9 Å². The Hall–Kier alpha value is -1.10.